The van der Waals surface area contributed by atoms with Gasteiger partial charge in [0.05, 0.1) is 20.6 Å². The largest absolute Gasteiger partial charge is 0.486 e. The van der Waals surface area contributed by atoms with Gasteiger partial charge in [0.2, 0.25) is 5.76 Å². The minimum Gasteiger partial charge on any atom is -0.486 e. The average molecular weight is 304 g/mol. The number of esters is 2. The average Bonchev–Trinajstić information content (AvgIpc) is 3.02. The summed E-state index contributed by atoms with van der Waals surface area (Å²) in [5.41, 5.74) is 0.838. The van der Waals surface area contributed by atoms with Crippen LogP contribution in [-0.4, -0.2) is 26.2 Å². The fourth-order valence-corrected chi connectivity index (χ4v) is 1.76. The van der Waals surface area contributed by atoms with Gasteiger partial charge in [-0.1, -0.05) is 12.1 Å². The quantitative estimate of drug-likeness (QED) is 0.763. The van der Waals surface area contributed by atoms with Gasteiger partial charge < -0.3 is 18.6 Å². The van der Waals surface area contributed by atoms with Gasteiger partial charge >= 0.3 is 11.9 Å². The molecule has 0 fully saturated rings. The molecule has 6 nitrogen and oxygen atoms in total. The number of carbonyl (C=O) groups excluding carboxylic acids is 2. The number of furan rings is 1. The zero-order valence-corrected chi connectivity index (χ0v) is 12.3. The molecule has 22 heavy (non-hydrogen) atoms. The maximum Gasteiger partial charge on any atom is 0.373 e. The predicted octanol–water partition coefficient (Wildman–Crippen LogP) is 2.36. The van der Waals surface area contributed by atoms with Gasteiger partial charge in [-0.2, -0.15) is 0 Å². The van der Waals surface area contributed by atoms with Crippen molar-refractivity contribution >= 4 is 11.9 Å². The fraction of sp³-hybridized carbons (Fsp3) is 0.250. The summed E-state index contributed by atoms with van der Waals surface area (Å²) in [5.74, 6) is 0.455. The minimum absolute atomic E-state index is 0.134. The summed E-state index contributed by atoms with van der Waals surface area (Å²) in [6.07, 6.45) is 0.220. The van der Waals surface area contributed by atoms with Crippen molar-refractivity contribution in [3.05, 3.63) is 53.5 Å². The van der Waals surface area contributed by atoms with E-state index in [0.29, 0.717) is 11.5 Å². The number of ether oxygens (including phenoxy) is 3. The molecule has 0 aliphatic rings. The second kappa shape index (κ2) is 7.31. The van der Waals surface area contributed by atoms with E-state index in [1.54, 1.807) is 30.3 Å². The molecule has 0 aliphatic carbocycles. The summed E-state index contributed by atoms with van der Waals surface area (Å²) in [7, 11) is 2.64. The van der Waals surface area contributed by atoms with Crippen molar-refractivity contribution in [2.24, 2.45) is 0 Å². The van der Waals surface area contributed by atoms with E-state index < -0.39 is 5.97 Å². The van der Waals surface area contributed by atoms with Crippen molar-refractivity contribution in [2.75, 3.05) is 14.2 Å². The van der Waals surface area contributed by atoms with Crippen LogP contribution in [0.5, 0.6) is 5.75 Å². The van der Waals surface area contributed by atoms with Crippen molar-refractivity contribution in [3.8, 4) is 5.75 Å². The zero-order valence-electron chi connectivity index (χ0n) is 12.3. The van der Waals surface area contributed by atoms with Gasteiger partial charge in [-0.05, 0) is 29.8 Å². The van der Waals surface area contributed by atoms with Crippen LogP contribution in [0.25, 0.3) is 0 Å². The third-order valence-electron chi connectivity index (χ3n) is 2.93. The molecule has 0 atom stereocenters. The van der Waals surface area contributed by atoms with Crippen molar-refractivity contribution in [2.45, 2.75) is 13.0 Å². The number of carbonyl (C=O) groups is 2. The lowest BCUT2D eigenvalue weighted by atomic mass is 10.1. The van der Waals surface area contributed by atoms with Crippen molar-refractivity contribution in [1.29, 1.82) is 0 Å². The van der Waals surface area contributed by atoms with Crippen molar-refractivity contribution in [3.63, 3.8) is 0 Å². The number of rotatable bonds is 6. The first kappa shape index (κ1) is 15.6. The van der Waals surface area contributed by atoms with Crippen LogP contribution in [0.1, 0.15) is 21.9 Å². The molecule has 0 bridgehead atoms. The van der Waals surface area contributed by atoms with Gasteiger partial charge in [0.25, 0.3) is 0 Å². The first-order valence-corrected chi connectivity index (χ1v) is 6.58. The van der Waals surface area contributed by atoms with Crippen molar-refractivity contribution < 1.29 is 28.2 Å². The fourth-order valence-electron chi connectivity index (χ4n) is 1.76. The normalized spacial score (nSPS) is 10.1. The Morgan fingerprint density at radius 1 is 1.00 bits per heavy atom. The summed E-state index contributed by atoms with van der Waals surface area (Å²) >= 11 is 0. The number of hydrogen-bond donors (Lipinski definition) is 0. The van der Waals surface area contributed by atoms with E-state index in [0.717, 1.165) is 5.56 Å². The SMILES string of the molecule is COC(=O)Cc1ccc(OCc2ccc(C(=O)OC)o2)cc1. The Morgan fingerprint density at radius 3 is 2.36 bits per heavy atom. The lowest BCUT2D eigenvalue weighted by Crippen LogP contribution is -2.04. The van der Waals surface area contributed by atoms with Gasteiger partial charge in [-0.25, -0.2) is 4.79 Å². The second-order valence-corrected chi connectivity index (χ2v) is 4.44. The molecule has 0 spiro atoms. The van der Waals surface area contributed by atoms with Crippen molar-refractivity contribution in [1.82, 2.24) is 0 Å². The molecular formula is C16H16O6. The highest BCUT2D eigenvalue weighted by molar-refractivity contribution is 5.86. The van der Waals surface area contributed by atoms with Crippen LogP contribution in [-0.2, 0) is 27.3 Å². The highest BCUT2D eigenvalue weighted by atomic mass is 16.5. The molecule has 0 N–H and O–H groups in total. The molecule has 1 aromatic heterocycles. The van der Waals surface area contributed by atoms with Gasteiger partial charge in [0.15, 0.2) is 0 Å². The second-order valence-electron chi connectivity index (χ2n) is 4.44. The molecule has 1 aromatic carbocycles. The van der Waals surface area contributed by atoms with Crippen LogP contribution < -0.4 is 4.74 Å². The summed E-state index contributed by atoms with van der Waals surface area (Å²) in [6, 6.07) is 10.3. The van der Waals surface area contributed by atoms with Crippen LogP contribution in [0, 0.1) is 0 Å². The molecule has 0 unspecified atom stereocenters. The van der Waals surface area contributed by atoms with Crippen LogP contribution >= 0.6 is 0 Å². The smallest absolute Gasteiger partial charge is 0.373 e. The topological polar surface area (TPSA) is 75.0 Å². The molecule has 6 heteroatoms. The number of benzene rings is 1. The van der Waals surface area contributed by atoms with E-state index in [4.69, 9.17) is 9.15 Å². The Hall–Kier alpha value is -2.76. The van der Waals surface area contributed by atoms with Crippen LogP contribution in [0.3, 0.4) is 0 Å². The van der Waals surface area contributed by atoms with Crippen LogP contribution in [0.4, 0.5) is 0 Å². The van der Waals surface area contributed by atoms with E-state index in [1.807, 2.05) is 0 Å². The minimum atomic E-state index is -0.529. The summed E-state index contributed by atoms with van der Waals surface area (Å²) in [4.78, 5) is 22.4. The number of hydrogen-bond acceptors (Lipinski definition) is 6. The van der Waals surface area contributed by atoms with Gasteiger partial charge in [-0.15, -0.1) is 0 Å². The van der Waals surface area contributed by atoms with E-state index >= 15 is 0 Å². The third kappa shape index (κ3) is 4.12. The van der Waals surface area contributed by atoms with Gasteiger partial charge in [0.1, 0.15) is 18.1 Å². The molecule has 2 aromatic rings. The first-order chi connectivity index (χ1) is 10.6. The monoisotopic (exact) mass is 304 g/mol. The third-order valence-corrected chi connectivity index (χ3v) is 2.93. The standard InChI is InChI=1S/C16H16O6/c1-19-15(17)9-11-3-5-12(6-4-11)21-10-13-7-8-14(22-13)16(18)20-2/h3-8H,9-10H2,1-2H3. The van der Waals surface area contributed by atoms with E-state index in [2.05, 4.69) is 9.47 Å². The Bertz CT molecular complexity index is 641. The van der Waals surface area contributed by atoms with Gasteiger partial charge in [-0.3, -0.25) is 4.79 Å². The predicted molar refractivity (Wildman–Crippen MR) is 76.5 cm³/mol. The maximum atomic E-state index is 11.3. The summed E-state index contributed by atoms with van der Waals surface area (Å²) in [5, 5.41) is 0. The molecule has 0 radical (unpaired) electrons. The van der Waals surface area contributed by atoms with Crippen LogP contribution in [0.2, 0.25) is 0 Å². The lowest BCUT2D eigenvalue weighted by molar-refractivity contribution is -0.139. The van der Waals surface area contributed by atoms with Crippen LogP contribution in [0.15, 0.2) is 40.8 Å². The molecule has 0 amide bonds. The van der Waals surface area contributed by atoms with E-state index in [9.17, 15) is 9.59 Å². The molecule has 0 saturated carbocycles. The molecular weight excluding hydrogens is 288 g/mol. The molecule has 1 heterocycles. The van der Waals surface area contributed by atoms with E-state index in [1.165, 1.54) is 20.3 Å². The highest BCUT2D eigenvalue weighted by Gasteiger charge is 2.11. The Labute approximate surface area is 127 Å². The lowest BCUT2D eigenvalue weighted by Gasteiger charge is -2.05. The Morgan fingerprint density at radius 2 is 1.73 bits per heavy atom. The Kier molecular flexibility index (Phi) is 5.19. The van der Waals surface area contributed by atoms with E-state index in [-0.39, 0.29) is 24.8 Å². The first-order valence-electron chi connectivity index (χ1n) is 6.58. The zero-order chi connectivity index (χ0) is 15.9. The van der Waals surface area contributed by atoms with Gasteiger partial charge in [0, 0.05) is 0 Å². The summed E-state index contributed by atoms with van der Waals surface area (Å²) in [6.45, 7) is 0.188. The Balaban J connectivity index is 1.90. The molecule has 0 saturated heterocycles. The molecule has 2 rings (SSSR count). The highest BCUT2D eigenvalue weighted by Crippen LogP contribution is 2.16. The molecule has 0 aliphatic heterocycles. The number of methoxy groups -OCH3 is 2. The maximum absolute atomic E-state index is 11.3. The summed E-state index contributed by atoms with van der Waals surface area (Å²) < 4.78 is 20.0. The molecule has 116 valence electrons.